The molecule has 1 aromatic heterocycles. The fourth-order valence-corrected chi connectivity index (χ4v) is 3.64. The van der Waals surface area contributed by atoms with Gasteiger partial charge >= 0.3 is 0 Å². The van der Waals surface area contributed by atoms with E-state index in [1.807, 2.05) is 55.5 Å². The van der Waals surface area contributed by atoms with Crippen molar-refractivity contribution < 1.29 is 9.53 Å². The molecule has 2 aromatic carbocycles. The topological polar surface area (TPSA) is 79.4 Å². The zero-order valence-electron chi connectivity index (χ0n) is 18.4. The lowest BCUT2D eigenvalue weighted by Crippen LogP contribution is -2.38. The molecule has 0 radical (unpaired) electrons. The van der Waals surface area contributed by atoms with Crippen LogP contribution in [0.2, 0.25) is 0 Å². The van der Waals surface area contributed by atoms with E-state index >= 15 is 0 Å². The number of aromatic nitrogens is 2. The first kappa shape index (κ1) is 21.9. The minimum Gasteiger partial charge on any atom is -0.379 e. The summed E-state index contributed by atoms with van der Waals surface area (Å²) in [5.41, 5.74) is 3.65. The average Bonchev–Trinajstić information content (AvgIpc) is 2.83. The van der Waals surface area contributed by atoms with Gasteiger partial charge in [-0.25, -0.2) is 9.97 Å². The summed E-state index contributed by atoms with van der Waals surface area (Å²) in [6.07, 6.45) is 2.67. The third kappa shape index (κ3) is 6.12. The minimum absolute atomic E-state index is 0.0534. The van der Waals surface area contributed by atoms with Gasteiger partial charge in [0.05, 0.1) is 13.2 Å². The number of aryl methyl sites for hydroxylation is 1. The molecule has 1 aliphatic rings. The molecule has 4 rings (SSSR count). The van der Waals surface area contributed by atoms with Crippen LogP contribution < -0.4 is 10.6 Å². The highest BCUT2D eigenvalue weighted by molar-refractivity contribution is 5.94. The van der Waals surface area contributed by atoms with Crippen molar-refractivity contribution in [2.24, 2.45) is 0 Å². The summed E-state index contributed by atoms with van der Waals surface area (Å²) in [5.74, 6) is 1.32. The SMILES string of the molecule is Cc1cccc(-c2nccc(Nc3ccc(C(=O)NCCCN4CCOCC4)cc3)n2)c1. The van der Waals surface area contributed by atoms with E-state index in [0.717, 1.165) is 50.5 Å². The van der Waals surface area contributed by atoms with Gasteiger partial charge in [-0.15, -0.1) is 0 Å². The van der Waals surface area contributed by atoms with Crippen LogP contribution in [0.15, 0.2) is 60.8 Å². The van der Waals surface area contributed by atoms with Crippen LogP contribution in [0.4, 0.5) is 11.5 Å². The van der Waals surface area contributed by atoms with Crippen LogP contribution in [0.1, 0.15) is 22.3 Å². The number of nitrogens with zero attached hydrogens (tertiary/aromatic N) is 3. The molecule has 32 heavy (non-hydrogen) atoms. The van der Waals surface area contributed by atoms with E-state index in [9.17, 15) is 4.79 Å². The number of ether oxygens (including phenoxy) is 1. The Bertz CT molecular complexity index is 1030. The Morgan fingerprint density at radius 1 is 1.09 bits per heavy atom. The standard InChI is InChI=1S/C25H29N5O2/c1-19-4-2-5-21(18-19)24-26-12-10-23(29-24)28-22-8-6-20(7-9-22)25(31)27-11-3-13-30-14-16-32-17-15-30/h2,4-10,12,18H,3,11,13-17H2,1H3,(H,27,31)(H,26,28,29). The molecule has 7 nitrogen and oxygen atoms in total. The third-order valence-corrected chi connectivity index (χ3v) is 5.39. The van der Waals surface area contributed by atoms with E-state index in [1.54, 1.807) is 6.20 Å². The molecule has 1 fully saturated rings. The largest absolute Gasteiger partial charge is 0.379 e. The second-order valence-corrected chi connectivity index (χ2v) is 7.90. The van der Waals surface area contributed by atoms with Gasteiger partial charge in [0, 0.05) is 42.6 Å². The lowest BCUT2D eigenvalue weighted by Gasteiger charge is -2.26. The van der Waals surface area contributed by atoms with Gasteiger partial charge in [0.1, 0.15) is 5.82 Å². The average molecular weight is 432 g/mol. The van der Waals surface area contributed by atoms with Gasteiger partial charge in [0.15, 0.2) is 5.82 Å². The predicted molar refractivity (Wildman–Crippen MR) is 126 cm³/mol. The molecule has 2 N–H and O–H groups in total. The van der Waals surface area contributed by atoms with Crippen molar-refractivity contribution in [3.05, 3.63) is 71.9 Å². The maximum Gasteiger partial charge on any atom is 0.251 e. The maximum absolute atomic E-state index is 12.4. The van der Waals surface area contributed by atoms with Crippen molar-refractivity contribution in [2.75, 3.05) is 44.7 Å². The molecule has 0 unspecified atom stereocenters. The number of carbonyl (C=O) groups is 1. The number of carbonyl (C=O) groups excluding carboxylic acids is 1. The van der Waals surface area contributed by atoms with E-state index in [2.05, 4.69) is 31.6 Å². The summed E-state index contributed by atoms with van der Waals surface area (Å²) in [6, 6.07) is 17.4. The summed E-state index contributed by atoms with van der Waals surface area (Å²) in [6.45, 7) is 7.24. The first-order valence-electron chi connectivity index (χ1n) is 11.0. The Hall–Kier alpha value is -3.29. The smallest absolute Gasteiger partial charge is 0.251 e. The van der Waals surface area contributed by atoms with Crippen LogP contribution in [0.5, 0.6) is 0 Å². The van der Waals surface area contributed by atoms with Crippen LogP contribution in [0.3, 0.4) is 0 Å². The molecule has 0 bridgehead atoms. The van der Waals surface area contributed by atoms with Crippen molar-refractivity contribution in [2.45, 2.75) is 13.3 Å². The highest BCUT2D eigenvalue weighted by Gasteiger charge is 2.10. The zero-order chi connectivity index (χ0) is 22.2. The molecule has 1 amide bonds. The molecular formula is C25H29N5O2. The number of rotatable bonds is 8. The molecule has 0 saturated carbocycles. The number of amides is 1. The quantitative estimate of drug-likeness (QED) is 0.530. The van der Waals surface area contributed by atoms with Crippen LogP contribution in [-0.4, -0.2) is 60.2 Å². The normalized spacial score (nSPS) is 14.2. The fraction of sp³-hybridized carbons (Fsp3) is 0.320. The van der Waals surface area contributed by atoms with Crippen LogP contribution >= 0.6 is 0 Å². The van der Waals surface area contributed by atoms with Crippen molar-refractivity contribution >= 4 is 17.4 Å². The molecule has 166 valence electrons. The Kier molecular flexibility index (Phi) is 7.42. The maximum atomic E-state index is 12.4. The fourth-order valence-electron chi connectivity index (χ4n) is 3.64. The molecule has 3 aromatic rings. The van der Waals surface area contributed by atoms with Gasteiger partial charge in [-0.05, 0) is 56.3 Å². The molecular weight excluding hydrogens is 402 g/mol. The number of nitrogens with one attached hydrogen (secondary N) is 2. The third-order valence-electron chi connectivity index (χ3n) is 5.39. The minimum atomic E-state index is -0.0534. The number of hydrogen-bond acceptors (Lipinski definition) is 6. The highest BCUT2D eigenvalue weighted by atomic mass is 16.5. The molecule has 0 spiro atoms. The summed E-state index contributed by atoms with van der Waals surface area (Å²) < 4.78 is 5.36. The van der Waals surface area contributed by atoms with Crippen LogP contribution in [0, 0.1) is 6.92 Å². The number of hydrogen-bond donors (Lipinski definition) is 2. The Morgan fingerprint density at radius 3 is 2.69 bits per heavy atom. The van der Waals surface area contributed by atoms with Gasteiger partial charge in [-0.3, -0.25) is 9.69 Å². The highest BCUT2D eigenvalue weighted by Crippen LogP contribution is 2.20. The summed E-state index contributed by atoms with van der Waals surface area (Å²) >= 11 is 0. The Balaban J connectivity index is 1.29. The Labute approximate surface area is 188 Å². The van der Waals surface area contributed by atoms with Crippen LogP contribution in [-0.2, 0) is 4.74 Å². The number of anilines is 2. The summed E-state index contributed by atoms with van der Waals surface area (Å²) in [4.78, 5) is 23.8. The Morgan fingerprint density at radius 2 is 1.91 bits per heavy atom. The van der Waals surface area contributed by atoms with Crippen LogP contribution in [0.25, 0.3) is 11.4 Å². The van der Waals surface area contributed by atoms with E-state index in [1.165, 1.54) is 5.56 Å². The number of benzene rings is 2. The van der Waals surface area contributed by atoms with Gasteiger partial charge in [0.25, 0.3) is 5.91 Å². The summed E-state index contributed by atoms with van der Waals surface area (Å²) in [5, 5.41) is 6.28. The molecule has 0 aliphatic carbocycles. The lowest BCUT2D eigenvalue weighted by molar-refractivity contribution is 0.0374. The second-order valence-electron chi connectivity index (χ2n) is 7.90. The van der Waals surface area contributed by atoms with Gasteiger partial charge in [-0.2, -0.15) is 0 Å². The van der Waals surface area contributed by atoms with E-state index in [0.29, 0.717) is 23.8 Å². The molecule has 1 aliphatic heterocycles. The summed E-state index contributed by atoms with van der Waals surface area (Å²) in [7, 11) is 0. The van der Waals surface area contributed by atoms with Crippen molar-refractivity contribution in [3.8, 4) is 11.4 Å². The van der Waals surface area contributed by atoms with Gasteiger partial charge in [-0.1, -0.05) is 23.8 Å². The van der Waals surface area contributed by atoms with E-state index in [4.69, 9.17) is 4.74 Å². The lowest BCUT2D eigenvalue weighted by atomic mass is 10.1. The molecule has 1 saturated heterocycles. The van der Waals surface area contributed by atoms with E-state index in [-0.39, 0.29) is 5.91 Å². The predicted octanol–water partition coefficient (Wildman–Crippen LogP) is 3.65. The molecule has 2 heterocycles. The first-order valence-corrected chi connectivity index (χ1v) is 11.0. The zero-order valence-corrected chi connectivity index (χ0v) is 18.4. The van der Waals surface area contributed by atoms with Gasteiger partial charge in [0.2, 0.25) is 0 Å². The first-order chi connectivity index (χ1) is 15.7. The second kappa shape index (κ2) is 10.8. The van der Waals surface area contributed by atoms with E-state index < -0.39 is 0 Å². The number of morpholine rings is 1. The molecule has 0 atom stereocenters. The monoisotopic (exact) mass is 431 g/mol. The van der Waals surface area contributed by atoms with Crippen molar-refractivity contribution in [1.29, 1.82) is 0 Å². The van der Waals surface area contributed by atoms with Crippen molar-refractivity contribution in [3.63, 3.8) is 0 Å². The van der Waals surface area contributed by atoms with Gasteiger partial charge < -0.3 is 15.4 Å². The molecule has 7 heteroatoms. The van der Waals surface area contributed by atoms with Crippen molar-refractivity contribution in [1.82, 2.24) is 20.2 Å².